The third kappa shape index (κ3) is 2.24. The van der Waals surface area contributed by atoms with E-state index >= 15 is 0 Å². The molecule has 2 atom stereocenters. The van der Waals surface area contributed by atoms with E-state index in [4.69, 9.17) is 0 Å². The molecule has 2 aliphatic carbocycles. The van der Waals surface area contributed by atoms with E-state index in [1.54, 1.807) is 38.5 Å². The van der Waals surface area contributed by atoms with Gasteiger partial charge in [-0.3, -0.25) is 0 Å². The van der Waals surface area contributed by atoms with Crippen LogP contribution in [0.25, 0.3) is 0 Å². The van der Waals surface area contributed by atoms with Gasteiger partial charge in [0, 0.05) is 0 Å². The van der Waals surface area contributed by atoms with Gasteiger partial charge < -0.3 is 0 Å². The van der Waals surface area contributed by atoms with Crippen molar-refractivity contribution in [2.24, 2.45) is 17.8 Å². The molecule has 0 spiro atoms. The molecule has 0 aromatic carbocycles. The number of rotatable bonds is 4. The third-order valence-corrected chi connectivity index (χ3v) is 3.71. The molecule has 2 aliphatic rings. The summed E-state index contributed by atoms with van der Waals surface area (Å²) in [5, 5.41) is 0. The highest BCUT2D eigenvalue weighted by Crippen LogP contribution is 2.43. The van der Waals surface area contributed by atoms with E-state index < -0.39 is 0 Å². The molecule has 2 rings (SSSR count). The first-order valence-electron chi connectivity index (χ1n) is 5.88. The van der Waals surface area contributed by atoms with Crippen molar-refractivity contribution in [3.8, 4) is 0 Å². The second-order valence-electron chi connectivity index (χ2n) is 5.01. The summed E-state index contributed by atoms with van der Waals surface area (Å²) in [6.07, 6.45) is 12.3. The summed E-state index contributed by atoms with van der Waals surface area (Å²) in [5.41, 5.74) is 0. The van der Waals surface area contributed by atoms with Crippen LogP contribution in [0.5, 0.6) is 0 Å². The van der Waals surface area contributed by atoms with Crippen molar-refractivity contribution in [1.82, 2.24) is 0 Å². The third-order valence-electron chi connectivity index (χ3n) is 3.71. The largest absolute Gasteiger partial charge is 0.0654 e. The average molecular weight is 166 g/mol. The first-order chi connectivity index (χ1) is 5.88. The Kier molecular flexibility index (Phi) is 2.73. The topological polar surface area (TPSA) is 0 Å². The average Bonchev–Trinajstić information content (AvgIpc) is 2.74. The van der Waals surface area contributed by atoms with Crippen LogP contribution in [0.1, 0.15) is 58.3 Å². The zero-order valence-electron chi connectivity index (χ0n) is 8.39. The van der Waals surface area contributed by atoms with Gasteiger partial charge in [-0.05, 0) is 30.6 Å². The molecule has 0 aromatic heterocycles. The molecule has 0 amide bonds. The van der Waals surface area contributed by atoms with Gasteiger partial charge >= 0.3 is 0 Å². The lowest BCUT2D eigenvalue weighted by Gasteiger charge is -2.09. The molecule has 0 heteroatoms. The second-order valence-corrected chi connectivity index (χ2v) is 5.01. The lowest BCUT2D eigenvalue weighted by molar-refractivity contribution is 0.427. The van der Waals surface area contributed by atoms with Crippen LogP contribution < -0.4 is 0 Å². The predicted molar refractivity (Wildman–Crippen MR) is 53.1 cm³/mol. The van der Waals surface area contributed by atoms with Gasteiger partial charge in [0.25, 0.3) is 0 Å². The summed E-state index contributed by atoms with van der Waals surface area (Å²) >= 11 is 0. The SMILES string of the molecule is CCCC1CCC(CC2CC2)C1. The maximum atomic E-state index is 2.33. The lowest BCUT2D eigenvalue weighted by atomic mass is 9.97. The Labute approximate surface area is 76.7 Å². The first kappa shape index (κ1) is 8.59. The van der Waals surface area contributed by atoms with Crippen molar-refractivity contribution in [1.29, 1.82) is 0 Å². The fourth-order valence-corrected chi connectivity index (χ4v) is 2.89. The van der Waals surface area contributed by atoms with Crippen LogP contribution in [0.3, 0.4) is 0 Å². The molecular formula is C12H22. The van der Waals surface area contributed by atoms with Crippen molar-refractivity contribution in [2.45, 2.75) is 58.3 Å². The molecule has 2 fully saturated rings. The minimum absolute atomic E-state index is 1.11. The Morgan fingerprint density at radius 1 is 0.917 bits per heavy atom. The van der Waals surface area contributed by atoms with Crippen molar-refractivity contribution in [2.75, 3.05) is 0 Å². The molecule has 2 saturated carbocycles. The summed E-state index contributed by atoms with van der Waals surface area (Å²) in [7, 11) is 0. The van der Waals surface area contributed by atoms with Crippen LogP contribution in [0.2, 0.25) is 0 Å². The summed E-state index contributed by atoms with van der Waals surface area (Å²) in [4.78, 5) is 0. The molecule has 2 unspecified atom stereocenters. The molecule has 70 valence electrons. The van der Waals surface area contributed by atoms with E-state index in [2.05, 4.69) is 6.92 Å². The van der Waals surface area contributed by atoms with Crippen molar-refractivity contribution in [3.63, 3.8) is 0 Å². The molecule has 0 bridgehead atoms. The molecule has 12 heavy (non-hydrogen) atoms. The molecule has 0 nitrogen and oxygen atoms in total. The summed E-state index contributed by atoms with van der Waals surface area (Å²) in [6.45, 7) is 2.33. The molecular weight excluding hydrogens is 144 g/mol. The Balaban J connectivity index is 1.66. The van der Waals surface area contributed by atoms with Crippen molar-refractivity contribution < 1.29 is 0 Å². The van der Waals surface area contributed by atoms with Crippen LogP contribution in [0.15, 0.2) is 0 Å². The van der Waals surface area contributed by atoms with Crippen LogP contribution >= 0.6 is 0 Å². The van der Waals surface area contributed by atoms with E-state index in [1.807, 2.05) is 0 Å². The van der Waals surface area contributed by atoms with Crippen molar-refractivity contribution in [3.05, 3.63) is 0 Å². The van der Waals surface area contributed by atoms with Crippen molar-refractivity contribution >= 4 is 0 Å². The zero-order valence-corrected chi connectivity index (χ0v) is 8.39. The minimum Gasteiger partial charge on any atom is -0.0654 e. The van der Waals surface area contributed by atoms with Crippen LogP contribution in [0, 0.1) is 17.8 Å². The van der Waals surface area contributed by atoms with Gasteiger partial charge in [0.2, 0.25) is 0 Å². The maximum Gasteiger partial charge on any atom is -0.0409 e. The van der Waals surface area contributed by atoms with Gasteiger partial charge in [-0.15, -0.1) is 0 Å². The fourth-order valence-electron chi connectivity index (χ4n) is 2.89. The number of hydrogen-bond acceptors (Lipinski definition) is 0. The van der Waals surface area contributed by atoms with Gasteiger partial charge in [0.15, 0.2) is 0 Å². The summed E-state index contributed by atoms with van der Waals surface area (Å²) < 4.78 is 0. The Morgan fingerprint density at radius 3 is 2.25 bits per heavy atom. The molecule has 0 aromatic rings. The molecule has 0 heterocycles. The number of hydrogen-bond donors (Lipinski definition) is 0. The van der Waals surface area contributed by atoms with Gasteiger partial charge in [-0.25, -0.2) is 0 Å². The van der Waals surface area contributed by atoms with Crippen LogP contribution in [-0.2, 0) is 0 Å². The monoisotopic (exact) mass is 166 g/mol. The van der Waals surface area contributed by atoms with E-state index in [-0.39, 0.29) is 0 Å². The quantitative estimate of drug-likeness (QED) is 0.592. The molecule has 0 saturated heterocycles. The normalized spacial score (nSPS) is 35.8. The van der Waals surface area contributed by atoms with E-state index in [9.17, 15) is 0 Å². The molecule has 0 radical (unpaired) electrons. The molecule has 0 aliphatic heterocycles. The standard InChI is InChI=1S/C12H22/c1-2-3-10-6-7-12(8-10)9-11-4-5-11/h10-12H,2-9H2,1H3. The van der Waals surface area contributed by atoms with E-state index in [0.29, 0.717) is 0 Å². The zero-order chi connectivity index (χ0) is 8.39. The highest BCUT2D eigenvalue weighted by atomic mass is 14.4. The Bertz CT molecular complexity index is 135. The van der Waals surface area contributed by atoms with Gasteiger partial charge in [0.1, 0.15) is 0 Å². The van der Waals surface area contributed by atoms with Crippen LogP contribution in [-0.4, -0.2) is 0 Å². The van der Waals surface area contributed by atoms with Gasteiger partial charge in [-0.2, -0.15) is 0 Å². The summed E-state index contributed by atoms with van der Waals surface area (Å²) in [5.74, 6) is 3.41. The summed E-state index contributed by atoms with van der Waals surface area (Å²) in [6, 6.07) is 0. The van der Waals surface area contributed by atoms with E-state index in [0.717, 1.165) is 17.8 Å². The van der Waals surface area contributed by atoms with Gasteiger partial charge in [-0.1, -0.05) is 45.4 Å². The smallest absolute Gasteiger partial charge is 0.0409 e. The van der Waals surface area contributed by atoms with Gasteiger partial charge in [0.05, 0.1) is 0 Å². The Morgan fingerprint density at radius 2 is 1.58 bits per heavy atom. The maximum absolute atomic E-state index is 2.33. The van der Waals surface area contributed by atoms with E-state index in [1.165, 1.54) is 12.8 Å². The Hall–Kier alpha value is 0. The second kappa shape index (κ2) is 3.81. The minimum atomic E-state index is 1.11. The first-order valence-corrected chi connectivity index (χ1v) is 5.88. The lowest BCUT2D eigenvalue weighted by Crippen LogP contribution is -1.97. The molecule has 0 N–H and O–H groups in total. The highest BCUT2D eigenvalue weighted by molar-refractivity contribution is 4.82. The predicted octanol–water partition coefficient (Wildman–Crippen LogP) is 4.00. The highest BCUT2D eigenvalue weighted by Gasteiger charge is 2.30. The fraction of sp³-hybridized carbons (Fsp3) is 1.00. The van der Waals surface area contributed by atoms with Crippen LogP contribution in [0.4, 0.5) is 0 Å².